The third kappa shape index (κ3) is 4.22. The molecule has 2 aromatic rings. The van der Waals surface area contributed by atoms with Crippen molar-refractivity contribution in [1.82, 2.24) is 0 Å². The number of carbonyl (C=O) groups is 2. The minimum Gasteiger partial charge on any atom is -0.482 e. The molecule has 4 nitrogen and oxygen atoms in total. The molecule has 0 N–H and O–H groups in total. The highest BCUT2D eigenvalue weighted by atomic mass is 32.1. The van der Waals surface area contributed by atoms with Crippen LogP contribution in [0, 0.1) is 0 Å². The number of carbonyl (C=O) groups excluding carboxylic acids is 2. The highest BCUT2D eigenvalue weighted by Crippen LogP contribution is 2.10. The number of hydrogen-bond acceptors (Lipinski definition) is 5. The van der Waals surface area contributed by atoms with Crippen LogP contribution in [0.5, 0.6) is 5.75 Å². The van der Waals surface area contributed by atoms with Crippen molar-refractivity contribution in [3.05, 3.63) is 52.7 Å². The van der Waals surface area contributed by atoms with Crippen LogP contribution in [-0.4, -0.2) is 25.0 Å². The number of ketones is 1. The molecule has 0 aliphatic heterocycles. The molecule has 0 saturated carbocycles. The van der Waals surface area contributed by atoms with Gasteiger partial charge >= 0.3 is 5.97 Å². The summed E-state index contributed by atoms with van der Waals surface area (Å²) >= 11 is 1.32. The molecule has 98 valence electrons. The molecule has 0 atom stereocenters. The first kappa shape index (κ1) is 13.3. The Labute approximate surface area is 114 Å². The van der Waals surface area contributed by atoms with Crippen LogP contribution < -0.4 is 4.74 Å². The van der Waals surface area contributed by atoms with Crippen molar-refractivity contribution in [1.29, 1.82) is 0 Å². The van der Waals surface area contributed by atoms with Gasteiger partial charge in [-0.25, -0.2) is 4.79 Å². The van der Waals surface area contributed by atoms with Crippen LogP contribution in [0.25, 0.3) is 0 Å². The standard InChI is InChI=1S/C14H12O4S/c15-12(13-7-4-8-19-13)9-18-14(16)10-17-11-5-2-1-3-6-11/h1-8H,9-10H2. The van der Waals surface area contributed by atoms with Crippen molar-refractivity contribution >= 4 is 23.1 Å². The molecule has 0 amide bonds. The van der Waals surface area contributed by atoms with Gasteiger partial charge in [0, 0.05) is 0 Å². The Morgan fingerprint density at radius 1 is 1.00 bits per heavy atom. The zero-order valence-electron chi connectivity index (χ0n) is 10.1. The van der Waals surface area contributed by atoms with E-state index >= 15 is 0 Å². The lowest BCUT2D eigenvalue weighted by molar-refractivity contribution is -0.144. The van der Waals surface area contributed by atoms with Crippen molar-refractivity contribution in [2.45, 2.75) is 0 Å². The zero-order chi connectivity index (χ0) is 13.5. The van der Waals surface area contributed by atoms with Crippen molar-refractivity contribution in [3.8, 4) is 5.75 Å². The van der Waals surface area contributed by atoms with E-state index in [1.54, 1.807) is 41.8 Å². The lowest BCUT2D eigenvalue weighted by Crippen LogP contribution is -2.19. The first-order chi connectivity index (χ1) is 9.25. The molecule has 1 aromatic carbocycles. The van der Waals surface area contributed by atoms with Gasteiger partial charge < -0.3 is 9.47 Å². The van der Waals surface area contributed by atoms with E-state index < -0.39 is 5.97 Å². The van der Waals surface area contributed by atoms with Crippen molar-refractivity contribution < 1.29 is 19.1 Å². The first-order valence-electron chi connectivity index (χ1n) is 5.66. The van der Waals surface area contributed by atoms with Gasteiger partial charge in [-0.2, -0.15) is 0 Å². The molecule has 19 heavy (non-hydrogen) atoms. The Hall–Kier alpha value is -2.14. The summed E-state index contributed by atoms with van der Waals surface area (Å²) in [6, 6.07) is 12.4. The lowest BCUT2D eigenvalue weighted by Gasteiger charge is -2.05. The second-order valence-electron chi connectivity index (χ2n) is 3.66. The highest BCUT2D eigenvalue weighted by molar-refractivity contribution is 7.12. The van der Waals surface area contributed by atoms with E-state index in [4.69, 9.17) is 9.47 Å². The van der Waals surface area contributed by atoms with E-state index in [1.807, 2.05) is 6.07 Å². The van der Waals surface area contributed by atoms with Crippen LogP contribution in [0.2, 0.25) is 0 Å². The van der Waals surface area contributed by atoms with Crippen LogP contribution >= 0.6 is 11.3 Å². The molecule has 0 saturated heterocycles. The molecular formula is C14H12O4S. The fourth-order valence-electron chi connectivity index (χ4n) is 1.36. The van der Waals surface area contributed by atoms with Gasteiger partial charge in [0.15, 0.2) is 13.2 Å². The number of esters is 1. The number of hydrogen-bond donors (Lipinski definition) is 0. The Kier molecular flexibility index (Phi) is 4.69. The predicted octanol–water partition coefficient (Wildman–Crippen LogP) is 2.55. The Balaban J connectivity index is 1.72. The van der Waals surface area contributed by atoms with Crippen molar-refractivity contribution in [2.75, 3.05) is 13.2 Å². The van der Waals surface area contributed by atoms with E-state index in [0.717, 1.165) is 0 Å². The SMILES string of the molecule is O=C(COc1ccccc1)OCC(=O)c1cccs1. The summed E-state index contributed by atoms with van der Waals surface area (Å²) in [6.45, 7) is -0.459. The maximum Gasteiger partial charge on any atom is 0.344 e. The highest BCUT2D eigenvalue weighted by Gasteiger charge is 2.11. The van der Waals surface area contributed by atoms with Crippen molar-refractivity contribution in [2.24, 2.45) is 0 Å². The minimum absolute atomic E-state index is 0.205. The van der Waals surface area contributed by atoms with Crippen LogP contribution in [0.3, 0.4) is 0 Å². The summed E-state index contributed by atoms with van der Waals surface area (Å²) < 4.78 is 10.1. The van der Waals surface area contributed by atoms with Crippen molar-refractivity contribution in [3.63, 3.8) is 0 Å². The molecule has 1 heterocycles. The van der Waals surface area contributed by atoms with Gasteiger partial charge in [0.25, 0.3) is 0 Å². The average Bonchev–Trinajstić information content (AvgIpc) is 2.98. The number of ether oxygens (including phenoxy) is 2. The number of rotatable bonds is 6. The molecule has 5 heteroatoms. The number of para-hydroxylation sites is 1. The molecule has 0 bridgehead atoms. The summed E-state index contributed by atoms with van der Waals surface area (Å²) in [5, 5.41) is 1.80. The number of thiophene rings is 1. The monoisotopic (exact) mass is 276 g/mol. The quantitative estimate of drug-likeness (QED) is 0.601. The summed E-state index contributed by atoms with van der Waals surface area (Å²) in [5.41, 5.74) is 0. The van der Waals surface area contributed by atoms with Crippen LogP contribution in [-0.2, 0) is 9.53 Å². The fourth-order valence-corrected chi connectivity index (χ4v) is 2.01. The van der Waals surface area contributed by atoms with Gasteiger partial charge in [0.1, 0.15) is 5.75 Å². The second-order valence-corrected chi connectivity index (χ2v) is 4.61. The number of Topliss-reactive ketones (excluding diaryl/α,β-unsaturated/α-hetero) is 1. The summed E-state index contributed by atoms with van der Waals surface area (Å²) in [4.78, 5) is 23.6. The molecule has 0 radical (unpaired) electrons. The van der Waals surface area contributed by atoms with Gasteiger partial charge in [0.05, 0.1) is 4.88 Å². The maximum atomic E-state index is 11.6. The molecule has 0 aliphatic carbocycles. The van der Waals surface area contributed by atoms with E-state index in [0.29, 0.717) is 10.6 Å². The predicted molar refractivity (Wildman–Crippen MR) is 71.5 cm³/mol. The van der Waals surface area contributed by atoms with E-state index in [9.17, 15) is 9.59 Å². The first-order valence-corrected chi connectivity index (χ1v) is 6.54. The largest absolute Gasteiger partial charge is 0.482 e. The van der Waals surface area contributed by atoms with Gasteiger partial charge in [-0.15, -0.1) is 11.3 Å². The maximum absolute atomic E-state index is 11.6. The summed E-state index contributed by atoms with van der Waals surface area (Å²) in [6.07, 6.45) is 0. The Morgan fingerprint density at radius 3 is 2.47 bits per heavy atom. The van der Waals surface area contributed by atoms with E-state index in [-0.39, 0.29) is 19.0 Å². The second kappa shape index (κ2) is 6.70. The topological polar surface area (TPSA) is 52.6 Å². The van der Waals surface area contributed by atoms with Gasteiger partial charge in [0.2, 0.25) is 5.78 Å². The molecule has 2 rings (SSSR count). The molecule has 1 aromatic heterocycles. The third-order valence-electron chi connectivity index (χ3n) is 2.26. The van der Waals surface area contributed by atoms with Crippen LogP contribution in [0.1, 0.15) is 9.67 Å². The molecule has 0 spiro atoms. The smallest absolute Gasteiger partial charge is 0.344 e. The van der Waals surface area contributed by atoms with E-state index in [2.05, 4.69) is 0 Å². The van der Waals surface area contributed by atoms with Gasteiger partial charge in [-0.05, 0) is 23.6 Å². The summed E-state index contributed by atoms with van der Waals surface area (Å²) in [5.74, 6) is -0.180. The third-order valence-corrected chi connectivity index (χ3v) is 3.17. The van der Waals surface area contributed by atoms with Crippen LogP contribution in [0.4, 0.5) is 0 Å². The lowest BCUT2D eigenvalue weighted by atomic mass is 10.3. The zero-order valence-corrected chi connectivity index (χ0v) is 10.9. The average molecular weight is 276 g/mol. The van der Waals surface area contributed by atoms with Gasteiger partial charge in [-0.1, -0.05) is 24.3 Å². The summed E-state index contributed by atoms with van der Waals surface area (Å²) in [7, 11) is 0. The fraction of sp³-hybridized carbons (Fsp3) is 0.143. The van der Waals surface area contributed by atoms with Crippen LogP contribution in [0.15, 0.2) is 47.8 Å². The minimum atomic E-state index is -0.561. The Bertz CT molecular complexity index is 534. The molecular weight excluding hydrogens is 264 g/mol. The van der Waals surface area contributed by atoms with Gasteiger partial charge in [-0.3, -0.25) is 4.79 Å². The normalized spacial score (nSPS) is 9.89. The molecule has 0 fully saturated rings. The molecule has 0 unspecified atom stereocenters. The van der Waals surface area contributed by atoms with E-state index in [1.165, 1.54) is 11.3 Å². The molecule has 0 aliphatic rings. The number of benzene rings is 1. The Morgan fingerprint density at radius 2 is 1.79 bits per heavy atom.